The maximum Gasteiger partial charge on any atom is 0.270 e. The molecule has 0 bridgehead atoms. The van der Waals surface area contributed by atoms with Gasteiger partial charge in [0.1, 0.15) is 17.5 Å². The molecule has 0 spiro atoms. The van der Waals surface area contributed by atoms with Crippen molar-refractivity contribution >= 4 is 17.5 Å². The summed E-state index contributed by atoms with van der Waals surface area (Å²) in [6.07, 6.45) is 3.12. The molecule has 11 heteroatoms. The molecule has 0 atom stereocenters. The fourth-order valence-electron chi connectivity index (χ4n) is 2.86. The fraction of sp³-hybridized carbons (Fsp3) is 0.267. The summed E-state index contributed by atoms with van der Waals surface area (Å²) in [4.78, 5) is 32.3. The SMILES string of the molecule is NC(=O)c1c(-c2ncco2)nn2c(C(=O)NC3CC(F)(F)C3)ccnc12. The first-order chi connectivity index (χ1) is 12.4. The Morgan fingerprint density at radius 3 is 2.69 bits per heavy atom. The van der Waals surface area contributed by atoms with E-state index in [0.717, 1.165) is 4.52 Å². The summed E-state index contributed by atoms with van der Waals surface area (Å²) in [5, 5.41) is 6.68. The third kappa shape index (κ3) is 2.57. The number of rotatable bonds is 4. The second-order valence-corrected chi connectivity index (χ2v) is 5.93. The molecule has 9 nitrogen and oxygen atoms in total. The maximum atomic E-state index is 12.9. The van der Waals surface area contributed by atoms with Gasteiger partial charge in [-0.05, 0) is 6.07 Å². The van der Waals surface area contributed by atoms with Crippen LogP contribution in [0.2, 0.25) is 0 Å². The lowest BCUT2D eigenvalue weighted by atomic mass is 9.88. The van der Waals surface area contributed by atoms with Gasteiger partial charge in [0.2, 0.25) is 5.89 Å². The van der Waals surface area contributed by atoms with Gasteiger partial charge in [0.15, 0.2) is 11.3 Å². The van der Waals surface area contributed by atoms with E-state index in [1.165, 1.54) is 24.7 Å². The molecule has 1 aliphatic rings. The van der Waals surface area contributed by atoms with Crippen LogP contribution in [0.25, 0.3) is 17.2 Å². The number of halogens is 2. The van der Waals surface area contributed by atoms with Crippen molar-refractivity contribution in [1.29, 1.82) is 0 Å². The number of fused-ring (bicyclic) bond motifs is 1. The van der Waals surface area contributed by atoms with Crippen molar-refractivity contribution in [3.8, 4) is 11.6 Å². The van der Waals surface area contributed by atoms with Gasteiger partial charge in [0, 0.05) is 25.1 Å². The number of nitrogens with zero attached hydrogens (tertiary/aromatic N) is 4. The summed E-state index contributed by atoms with van der Waals surface area (Å²) in [5.74, 6) is -4.16. The standard InChI is InChI=1S/C15H12F2N6O3/c16-15(17)5-7(6-15)21-13(25)8-1-2-19-12-9(11(18)24)10(22-23(8)12)14-20-3-4-26-14/h1-4,7H,5-6H2,(H2,18,24)(H,21,25). The van der Waals surface area contributed by atoms with E-state index in [1.807, 2.05) is 0 Å². The van der Waals surface area contributed by atoms with Crippen LogP contribution in [-0.2, 0) is 0 Å². The molecule has 134 valence electrons. The molecular formula is C15H12F2N6O3. The first-order valence-corrected chi connectivity index (χ1v) is 7.62. The minimum Gasteiger partial charge on any atom is -0.443 e. The number of carbonyl (C=O) groups excluding carboxylic acids is 2. The summed E-state index contributed by atoms with van der Waals surface area (Å²) < 4.78 is 32.2. The second-order valence-electron chi connectivity index (χ2n) is 5.93. The van der Waals surface area contributed by atoms with Gasteiger partial charge in [-0.1, -0.05) is 0 Å². The molecule has 3 N–H and O–H groups in total. The highest BCUT2D eigenvalue weighted by atomic mass is 19.3. The van der Waals surface area contributed by atoms with E-state index in [9.17, 15) is 18.4 Å². The zero-order chi connectivity index (χ0) is 18.5. The molecule has 0 radical (unpaired) electrons. The largest absolute Gasteiger partial charge is 0.443 e. The van der Waals surface area contributed by atoms with Crippen molar-refractivity contribution in [2.45, 2.75) is 24.8 Å². The van der Waals surface area contributed by atoms with Gasteiger partial charge in [-0.25, -0.2) is 23.3 Å². The normalized spacial score (nSPS) is 16.4. The molecule has 3 aromatic heterocycles. The Kier molecular flexibility index (Phi) is 3.46. The lowest BCUT2D eigenvalue weighted by molar-refractivity contribution is -0.0901. The molecule has 0 aliphatic heterocycles. The molecule has 0 unspecified atom stereocenters. The minimum atomic E-state index is -2.76. The van der Waals surface area contributed by atoms with Crippen molar-refractivity contribution < 1.29 is 22.8 Å². The van der Waals surface area contributed by atoms with Gasteiger partial charge in [-0.15, -0.1) is 0 Å². The highest BCUT2D eigenvalue weighted by Crippen LogP contribution is 2.37. The predicted octanol–water partition coefficient (Wildman–Crippen LogP) is 1.01. The molecule has 1 saturated carbocycles. The Bertz CT molecular complexity index is 1010. The van der Waals surface area contributed by atoms with E-state index in [4.69, 9.17) is 10.2 Å². The van der Waals surface area contributed by atoms with Crippen LogP contribution in [0.4, 0.5) is 8.78 Å². The summed E-state index contributed by atoms with van der Waals surface area (Å²) in [5.41, 5.74) is 5.45. The average molecular weight is 362 g/mol. The van der Waals surface area contributed by atoms with Crippen LogP contribution >= 0.6 is 0 Å². The van der Waals surface area contributed by atoms with Gasteiger partial charge >= 0.3 is 0 Å². The molecule has 1 fully saturated rings. The summed E-state index contributed by atoms with van der Waals surface area (Å²) in [7, 11) is 0. The van der Waals surface area contributed by atoms with Crippen LogP contribution in [0.15, 0.2) is 29.1 Å². The minimum absolute atomic E-state index is 0.0190. The zero-order valence-corrected chi connectivity index (χ0v) is 13.1. The zero-order valence-electron chi connectivity index (χ0n) is 13.1. The topological polar surface area (TPSA) is 128 Å². The van der Waals surface area contributed by atoms with Crippen LogP contribution in [-0.4, -0.2) is 43.4 Å². The molecule has 2 amide bonds. The molecule has 0 saturated heterocycles. The van der Waals surface area contributed by atoms with Crippen LogP contribution in [0.3, 0.4) is 0 Å². The number of nitrogens with two attached hydrogens (primary N) is 1. The van der Waals surface area contributed by atoms with Crippen LogP contribution in [0, 0.1) is 0 Å². The molecule has 3 heterocycles. The number of oxazole rings is 1. The second kappa shape index (κ2) is 5.58. The van der Waals surface area contributed by atoms with Crippen LogP contribution in [0.1, 0.15) is 33.7 Å². The summed E-state index contributed by atoms with van der Waals surface area (Å²) in [6.45, 7) is 0. The highest BCUT2D eigenvalue weighted by molar-refractivity contribution is 6.04. The van der Waals surface area contributed by atoms with Gasteiger partial charge in [0.25, 0.3) is 17.7 Å². The Morgan fingerprint density at radius 2 is 2.08 bits per heavy atom. The first-order valence-electron chi connectivity index (χ1n) is 7.62. The van der Waals surface area contributed by atoms with Gasteiger partial charge < -0.3 is 15.5 Å². The molecule has 4 rings (SSSR count). The van der Waals surface area contributed by atoms with E-state index in [-0.39, 0.29) is 28.5 Å². The van der Waals surface area contributed by atoms with E-state index in [0.29, 0.717) is 0 Å². The number of primary amides is 1. The lowest BCUT2D eigenvalue weighted by Crippen LogP contribution is -2.50. The van der Waals surface area contributed by atoms with Crippen LogP contribution < -0.4 is 11.1 Å². The first kappa shape index (κ1) is 16.1. The number of carbonyl (C=O) groups is 2. The highest BCUT2D eigenvalue weighted by Gasteiger charge is 2.46. The van der Waals surface area contributed by atoms with Gasteiger partial charge in [0.05, 0.1) is 6.20 Å². The van der Waals surface area contributed by atoms with Crippen molar-refractivity contribution in [1.82, 2.24) is 24.9 Å². The molecule has 3 aromatic rings. The van der Waals surface area contributed by atoms with Gasteiger partial charge in [-0.2, -0.15) is 5.10 Å². The van der Waals surface area contributed by atoms with Crippen LogP contribution in [0.5, 0.6) is 0 Å². The predicted molar refractivity (Wildman–Crippen MR) is 82.4 cm³/mol. The third-order valence-corrected chi connectivity index (χ3v) is 4.06. The Labute approximate surface area is 144 Å². The molecular weight excluding hydrogens is 350 g/mol. The van der Waals surface area contributed by atoms with E-state index in [2.05, 4.69) is 20.4 Å². The van der Waals surface area contributed by atoms with Crippen molar-refractivity contribution in [3.05, 3.63) is 36.0 Å². The van der Waals surface area contributed by atoms with E-state index < -0.39 is 36.6 Å². The smallest absolute Gasteiger partial charge is 0.270 e. The third-order valence-electron chi connectivity index (χ3n) is 4.06. The number of aromatic nitrogens is 4. The summed E-state index contributed by atoms with van der Waals surface area (Å²) >= 11 is 0. The summed E-state index contributed by atoms with van der Waals surface area (Å²) in [6, 6.07) is 0.731. The Hall–Kier alpha value is -3.37. The number of hydrogen-bond acceptors (Lipinski definition) is 6. The monoisotopic (exact) mass is 362 g/mol. The molecule has 0 aromatic carbocycles. The van der Waals surface area contributed by atoms with Crippen molar-refractivity contribution in [3.63, 3.8) is 0 Å². The quantitative estimate of drug-likeness (QED) is 0.713. The number of nitrogens with one attached hydrogen (secondary N) is 1. The van der Waals surface area contributed by atoms with Crippen molar-refractivity contribution in [2.75, 3.05) is 0 Å². The van der Waals surface area contributed by atoms with E-state index in [1.54, 1.807) is 0 Å². The average Bonchev–Trinajstić information content (AvgIpc) is 3.19. The number of hydrogen-bond donors (Lipinski definition) is 2. The number of alkyl halides is 2. The lowest BCUT2D eigenvalue weighted by Gasteiger charge is -2.35. The van der Waals surface area contributed by atoms with Crippen molar-refractivity contribution in [2.24, 2.45) is 5.73 Å². The maximum absolute atomic E-state index is 12.9. The van der Waals surface area contributed by atoms with Gasteiger partial charge in [-0.3, -0.25) is 9.59 Å². The molecule has 26 heavy (non-hydrogen) atoms. The fourth-order valence-corrected chi connectivity index (χ4v) is 2.86. The Morgan fingerprint density at radius 1 is 1.31 bits per heavy atom. The number of amides is 2. The van der Waals surface area contributed by atoms with E-state index >= 15 is 0 Å². The molecule has 1 aliphatic carbocycles. The Balaban J connectivity index is 1.76.